The van der Waals surface area contributed by atoms with Crippen LogP contribution in [0.2, 0.25) is 0 Å². The maximum atomic E-state index is 12.7. The van der Waals surface area contributed by atoms with Crippen molar-refractivity contribution in [3.05, 3.63) is 32.4 Å². The summed E-state index contributed by atoms with van der Waals surface area (Å²) in [5, 5.41) is 0. The Balaban J connectivity index is 2.31. The summed E-state index contributed by atoms with van der Waals surface area (Å²) in [6, 6.07) is 3.34. The largest absolute Gasteiger partial charge is 0.493 e. The van der Waals surface area contributed by atoms with Crippen LogP contribution in [-0.4, -0.2) is 48.6 Å². The molecule has 0 aromatic heterocycles. The lowest BCUT2D eigenvalue weighted by Crippen LogP contribution is -2.08. The third-order valence-corrected chi connectivity index (χ3v) is 5.77. The molecule has 0 bridgehead atoms. The van der Waals surface area contributed by atoms with E-state index < -0.39 is 12.1 Å². The molecular formula is C20H21IO8. The second-order valence-electron chi connectivity index (χ2n) is 5.94. The van der Waals surface area contributed by atoms with Crippen LogP contribution in [0.25, 0.3) is 0 Å². The molecule has 0 fully saturated rings. The zero-order valence-electron chi connectivity index (χ0n) is 16.9. The molecule has 8 nitrogen and oxygen atoms in total. The van der Waals surface area contributed by atoms with Crippen molar-refractivity contribution in [3.63, 3.8) is 0 Å². The summed E-state index contributed by atoms with van der Waals surface area (Å²) in [6.07, 6.45) is -0.757. The van der Waals surface area contributed by atoms with Gasteiger partial charge >= 0.3 is 5.97 Å². The van der Waals surface area contributed by atoms with Crippen LogP contribution < -0.4 is 28.4 Å². The fraction of sp³-hybridized carbons (Fsp3) is 0.350. The number of rotatable bonds is 7. The number of benzene rings is 2. The average molecular weight is 516 g/mol. The van der Waals surface area contributed by atoms with Crippen LogP contribution >= 0.6 is 22.6 Å². The van der Waals surface area contributed by atoms with Gasteiger partial charge in [0.1, 0.15) is 0 Å². The minimum absolute atomic E-state index is 0.342. The van der Waals surface area contributed by atoms with Crippen molar-refractivity contribution in [2.75, 3.05) is 42.7 Å². The lowest BCUT2D eigenvalue weighted by molar-refractivity contribution is 0.0452. The second-order valence-corrected chi connectivity index (χ2v) is 7.02. The van der Waals surface area contributed by atoms with Gasteiger partial charge in [0, 0.05) is 5.56 Å². The zero-order chi connectivity index (χ0) is 21.3. The zero-order valence-corrected chi connectivity index (χ0v) is 19.0. The smallest absolute Gasteiger partial charge is 0.339 e. The molecule has 2 aromatic carbocycles. The van der Waals surface area contributed by atoms with E-state index in [0.717, 1.165) is 0 Å². The van der Waals surface area contributed by atoms with Crippen molar-refractivity contribution < 1.29 is 38.0 Å². The standard InChI is InChI=1S/C20H21IO8/c1-23-11-7-9-13(18(27-5)16(11)25-3)15(29-20(9)22)10-8-12(24-2)17(26-4)19(28-6)14(10)21/h7-8,15H,1-6H3/t15-/m0/s1. The Hall–Kier alpha value is -2.56. The number of methoxy groups -OCH3 is 6. The Morgan fingerprint density at radius 3 is 1.79 bits per heavy atom. The number of carbonyl (C=O) groups is 1. The molecule has 1 aliphatic rings. The molecule has 0 radical (unpaired) electrons. The van der Waals surface area contributed by atoms with Gasteiger partial charge in [-0.3, -0.25) is 0 Å². The van der Waals surface area contributed by atoms with Crippen molar-refractivity contribution in [1.82, 2.24) is 0 Å². The number of hydrogen-bond donors (Lipinski definition) is 0. The number of fused-ring (bicyclic) bond motifs is 1. The normalized spacial score (nSPS) is 14.7. The number of carbonyl (C=O) groups excluding carboxylic acids is 1. The van der Waals surface area contributed by atoms with Crippen molar-refractivity contribution in [2.24, 2.45) is 0 Å². The Labute approximate surface area is 182 Å². The molecule has 1 atom stereocenters. The van der Waals surface area contributed by atoms with Crippen LogP contribution in [0.1, 0.15) is 27.6 Å². The van der Waals surface area contributed by atoms with E-state index in [1.807, 2.05) is 0 Å². The van der Waals surface area contributed by atoms with Crippen LogP contribution in [0.3, 0.4) is 0 Å². The van der Waals surface area contributed by atoms with Gasteiger partial charge in [-0.1, -0.05) is 0 Å². The van der Waals surface area contributed by atoms with Crippen molar-refractivity contribution >= 4 is 28.6 Å². The van der Waals surface area contributed by atoms with Crippen LogP contribution in [0.15, 0.2) is 12.1 Å². The highest BCUT2D eigenvalue weighted by molar-refractivity contribution is 14.1. The first-order valence-corrected chi connectivity index (χ1v) is 9.57. The molecule has 0 saturated heterocycles. The number of halogens is 1. The third-order valence-electron chi connectivity index (χ3n) is 4.66. The highest BCUT2D eigenvalue weighted by atomic mass is 127. The summed E-state index contributed by atoms with van der Waals surface area (Å²) < 4.78 is 39.3. The molecule has 9 heteroatoms. The third kappa shape index (κ3) is 3.26. The van der Waals surface area contributed by atoms with E-state index in [4.69, 9.17) is 33.2 Å². The molecule has 0 spiro atoms. The number of esters is 1. The van der Waals surface area contributed by atoms with Gasteiger partial charge in [0.2, 0.25) is 11.5 Å². The molecule has 1 aliphatic heterocycles. The van der Waals surface area contributed by atoms with Gasteiger partial charge < -0.3 is 33.2 Å². The van der Waals surface area contributed by atoms with Gasteiger partial charge in [0.15, 0.2) is 29.1 Å². The topological polar surface area (TPSA) is 81.7 Å². The molecule has 0 saturated carbocycles. The molecule has 0 unspecified atom stereocenters. The maximum absolute atomic E-state index is 12.7. The molecule has 3 rings (SSSR count). The van der Waals surface area contributed by atoms with Gasteiger partial charge in [-0.25, -0.2) is 4.79 Å². The molecule has 1 heterocycles. The first kappa shape index (κ1) is 21.2. The van der Waals surface area contributed by atoms with Gasteiger partial charge in [-0.05, 0) is 34.7 Å². The predicted molar refractivity (Wildman–Crippen MR) is 112 cm³/mol. The molecule has 2 aromatic rings. The van der Waals surface area contributed by atoms with Crippen LogP contribution in [0, 0.1) is 3.57 Å². The van der Waals surface area contributed by atoms with E-state index in [-0.39, 0.29) is 0 Å². The average Bonchev–Trinajstić information content (AvgIpc) is 3.07. The summed E-state index contributed by atoms with van der Waals surface area (Å²) in [6.45, 7) is 0. The Morgan fingerprint density at radius 1 is 0.759 bits per heavy atom. The molecular weight excluding hydrogens is 495 g/mol. The maximum Gasteiger partial charge on any atom is 0.339 e. The molecule has 0 N–H and O–H groups in total. The molecule has 29 heavy (non-hydrogen) atoms. The van der Waals surface area contributed by atoms with Crippen LogP contribution in [0.5, 0.6) is 34.5 Å². The highest BCUT2D eigenvalue weighted by Crippen LogP contribution is 2.53. The van der Waals surface area contributed by atoms with Crippen molar-refractivity contribution in [3.8, 4) is 34.5 Å². The summed E-state index contributed by atoms with van der Waals surface area (Å²) in [5.41, 5.74) is 1.55. The fourth-order valence-corrected chi connectivity index (χ4v) is 4.29. The van der Waals surface area contributed by atoms with E-state index in [1.54, 1.807) is 12.1 Å². The Morgan fingerprint density at radius 2 is 1.28 bits per heavy atom. The van der Waals surface area contributed by atoms with E-state index in [0.29, 0.717) is 54.8 Å². The quantitative estimate of drug-likeness (QED) is 0.408. The summed E-state index contributed by atoms with van der Waals surface area (Å²) in [4.78, 5) is 12.7. The second kappa shape index (κ2) is 8.44. The fourth-order valence-electron chi connectivity index (χ4n) is 3.39. The lowest BCUT2D eigenvalue weighted by Gasteiger charge is -2.21. The Bertz CT molecular complexity index is 956. The SMILES string of the molecule is COc1cc([C@@H]2OC(=O)c3cc(OC)c(OC)c(OC)c32)c(I)c(OC)c1OC. The van der Waals surface area contributed by atoms with E-state index in [9.17, 15) is 4.79 Å². The number of hydrogen-bond acceptors (Lipinski definition) is 8. The molecule has 0 amide bonds. The van der Waals surface area contributed by atoms with Gasteiger partial charge in [0.05, 0.1) is 57.4 Å². The Kier molecular flexibility index (Phi) is 6.15. The van der Waals surface area contributed by atoms with Crippen molar-refractivity contribution in [1.29, 1.82) is 0 Å². The summed E-state index contributed by atoms with van der Waals surface area (Å²) in [5.74, 6) is 2.00. The minimum atomic E-state index is -0.757. The van der Waals surface area contributed by atoms with Gasteiger partial charge in [-0.15, -0.1) is 0 Å². The van der Waals surface area contributed by atoms with Crippen LogP contribution in [0.4, 0.5) is 0 Å². The minimum Gasteiger partial charge on any atom is -0.493 e. The van der Waals surface area contributed by atoms with Gasteiger partial charge in [0.25, 0.3) is 0 Å². The van der Waals surface area contributed by atoms with Crippen molar-refractivity contribution in [2.45, 2.75) is 6.10 Å². The molecule has 0 aliphatic carbocycles. The van der Waals surface area contributed by atoms with Gasteiger partial charge in [-0.2, -0.15) is 0 Å². The van der Waals surface area contributed by atoms with Crippen LogP contribution in [-0.2, 0) is 4.74 Å². The predicted octanol–water partition coefficient (Wildman–Crippen LogP) is 3.60. The number of ether oxygens (including phenoxy) is 7. The summed E-state index contributed by atoms with van der Waals surface area (Å²) in [7, 11) is 9.08. The van der Waals surface area contributed by atoms with E-state index in [1.165, 1.54) is 42.7 Å². The summed E-state index contributed by atoms with van der Waals surface area (Å²) >= 11 is 2.13. The number of cyclic esters (lactones) is 1. The lowest BCUT2D eigenvalue weighted by atomic mass is 9.96. The molecule has 156 valence electrons. The monoisotopic (exact) mass is 516 g/mol. The van der Waals surface area contributed by atoms with E-state index >= 15 is 0 Å². The first-order chi connectivity index (χ1) is 14.0. The first-order valence-electron chi connectivity index (χ1n) is 8.49. The van der Waals surface area contributed by atoms with E-state index in [2.05, 4.69) is 22.6 Å². The highest BCUT2D eigenvalue weighted by Gasteiger charge is 2.40.